The number of carbonyl (C=O) groups is 1. The summed E-state index contributed by atoms with van der Waals surface area (Å²) in [4.78, 5) is 11.3. The average molecular weight is 277 g/mol. The Morgan fingerprint density at radius 2 is 1.83 bits per heavy atom. The lowest BCUT2D eigenvalue weighted by molar-refractivity contribution is -0.270. The van der Waals surface area contributed by atoms with Gasteiger partial charge < -0.3 is 4.74 Å². The molecule has 0 bridgehead atoms. The normalized spacial score (nSPS) is 23.9. The third-order valence-corrected chi connectivity index (χ3v) is 2.97. The molecular weight excluding hydrogens is 269 g/mol. The van der Waals surface area contributed by atoms with Crippen LogP contribution in [0.5, 0.6) is 0 Å². The molecule has 1 unspecified atom stereocenters. The zero-order chi connectivity index (χ0) is 13.4. The molecule has 0 spiro atoms. The summed E-state index contributed by atoms with van der Waals surface area (Å²) >= 11 is 5.64. The molecule has 0 radical (unpaired) electrons. The van der Waals surface area contributed by atoms with Gasteiger partial charge in [-0.25, -0.2) is 0 Å². The molecule has 0 amide bonds. The quantitative estimate of drug-likeness (QED) is 0.783. The Kier molecular flexibility index (Phi) is 3.11. The van der Waals surface area contributed by atoms with Gasteiger partial charge in [0, 0.05) is 16.7 Å². The fourth-order valence-corrected chi connectivity index (χ4v) is 1.92. The molecule has 1 heterocycles. The summed E-state index contributed by atoms with van der Waals surface area (Å²) in [5.41, 5.74) is -2.76. The molecule has 1 aromatic carbocycles. The Bertz CT molecular complexity index is 493. The van der Waals surface area contributed by atoms with Crippen LogP contribution in [0.2, 0.25) is 5.02 Å². The van der Waals surface area contributed by atoms with Gasteiger partial charge in [-0.2, -0.15) is 13.2 Å². The van der Waals surface area contributed by atoms with Crippen molar-refractivity contribution in [3.05, 3.63) is 47.2 Å². The maximum Gasteiger partial charge on any atom is 0.433 e. The Morgan fingerprint density at radius 1 is 1.22 bits per heavy atom. The van der Waals surface area contributed by atoms with E-state index < -0.39 is 24.0 Å². The topological polar surface area (TPSA) is 26.3 Å². The van der Waals surface area contributed by atoms with Crippen molar-refractivity contribution in [2.45, 2.75) is 18.2 Å². The Balaban J connectivity index is 2.53. The summed E-state index contributed by atoms with van der Waals surface area (Å²) in [6, 6.07) is 5.08. The van der Waals surface area contributed by atoms with E-state index in [-0.39, 0.29) is 5.56 Å². The number of ether oxygens (including phenoxy) is 1. The Hall–Kier alpha value is -1.49. The van der Waals surface area contributed by atoms with Crippen LogP contribution in [0.4, 0.5) is 13.2 Å². The first-order valence-corrected chi connectivity index (χ1v) is 5.43. The fraction of sp³-hybridized carbons (Fsp3) is 0.250. The first-order valence-electron chi connectivity index (χ1n) is 5.05. The Labute approximate surface area is 106 Å². The SMILES string of the molecule is O=C1C=COC(c2ccc(Cl)cc2)(C(F)(F)F)C1. The van der Waals surface area contributed by atoms with Gasteiger partial charge >= 0.3 is 6.18 Å². The first kappa shape index (κ1) is 13.0. The van der Waals surface area contributed by atoms with Crippen molar-refractivity contribution >= 4 is 17.4 Å². The number of ketones is 1. The van der Waals surface area contributed by atoms with Gasteiger partial charge in [-0.15, -0.1) is 0 Å². The van der Waals surface area contributed by atoms with Gasteiger partial charge in [-0.05, 0) is 12.1 Å². The molecule has 1 aromatic rings. The minimum atomic E-state index is -4.69. The van der Waals surface area contributed by atoms with Crippen molar-refractivity contribution < 1.29 is 22.7 Å². The van der Waals surface area contributed by atoms with Gasteiger partial charge in [0.2, 0.25) is 5.60 Å². The lowest BCUT2D eigenvalue weighted by Gasteiger charge is -2.36. The molecule has 0 aromatic heterocycles. The second-order valence-electron chi connectivity index (χ2n) is 3.90. The highest BCUT2D eigenvalue weighted by Crippen LogP contribution is 2.46. The zero-order valence-corrected chi connectivity index (χ0v) is 9.76. The van der Waals surface area contributed by atoms with Crippen LogP contribution in [0, 0.1) is 0 Å². The first-order chi connectivity index (χ1) is 8.35. The van der Waals surface area contributed by atoms with E-state index in [0.717, 1.165) is 12.3 Å². The Morgan fingerprint density at radius 3 is 2.33 bits per heavy atom. The van der Waals surface area contributed by atoms with E-state index >= 15 is 0 Å². The average Bonchev–Trinajstić information content (AvgIpc) is 2.28. The molecule has 0 saturated carbocycles. The largest absolute Gasteiger partial charge is 0.480 e. The predicted octanol–water partition coefficient (Wildman–Crippen LogP) is 3.60. The van der Waals surface area contributed by atoms with E-state index in [0.29, 0.717) is 5.02 Å². The third-order valence-electron chi connectivity index (χ3n) is 2.71. The molecule has 0 saturated heterocycles. The number of rotatable bonds is 1. The number of benzene rings is 1. The number of hydrogen-bond acceptors (Lipinski definition) is 2. The van der Waals surface area contributed by atoms with Crippen LogP contribution in [0.3, 0.4) is 0 Å². The minimum Gasteiger partial charge on any atom is -0.480 e. The summed E-state index contributed by atoms with van der Waals surface area (Å²) in [6.07, 6.45) is -3.69. The second-order valence-corrected chi connectivity index (χ2v) is 4.33. The highest BCUT2D eigenvalue weighted by atomic mass is 35.5. The molecule has 2 nitrogen and oxygen atoms in total. The monoisotopic (exact) mass is 276 g/mol. The van der Waals surface area contributed by atoms with E-state index in [1.165, 1.54) is 24.3 Å². The van der Waals surface area contributed by atoms with E-state index in [4.69, 9.17) is 16.3 Å². The second kappa shape index (κ2) is 4.31. The summed E-state index contributed by atoms with van der Waals surface area (Å²) < 4.78 is 44.4. The summed E-state index contributed by atoms with van der Waals surface area (Å²) in [5.74, 6) is -0.631. The highest BCUT2D eigenvalue weighted by Gasteiger charge is 2.59. The molecule has 1 aliphatic heterocycles. The predicted molar refractivity (Wildman–Crippen MR) is 59.0 cm³/mol. The maximum absolute atomic E-state index is 13.2. The van der Waals surface area contributed by atoms with Crippen molar-refractivity contribution in [1.82, 2.24) is 0 Å². The summed E-state index contributed by atoms with van der Waals surface area (Å²) in [7, 11) is 0. The molecule has 1 atom stereocenters. The van der Waals surface area contributed by atoms with Crippen molar-refractivity contribution in [2.24, 2.45) is 0 Å². The molecule has 0 N–H and O–H groups in total. The maximum atomic E-state index is 13.2. The molecular formula is C12H8ClF3O2. The molecule has 2 rings (SSSR count). The number of halogens is 4. The number of allylic oxidation sites excluding steroid dienone is 1. The lowest BCUT2D eigenvalue weighted by atomic mass is 9.86. The van der Waals surface area contributed by atoms with Crippen LogP contribution in [0.25, 0.3) is 0 Å². The van der Waals surface area contributed by atoms with E-state index in [1.54, 1.807) is 0 Å². The standard InChI is InChI=1S/C12H8ClF3O2/c13-9-3-1-8(2-4-9)11(12(14,15)16)7-10(17)5-6-18-11/h1-6H,7H2. The van der Waals surface area contributed by atoms with Crippen LogP contribution in [0.1, 0.15) is 12.0 Å². The van der Waals surface area contributed by atoms with Crippen molar-refractivity contribution in [1.29, 1.82) is 0 Å². The van der Waals surface area contributed by atoms with Crippen molar-refractivity contribution in [2.75, 3.05) is 0 Å². The van der Waals surface area contributed by atoms with Crippen LogP contribution in [0.15, 0.2) is 36.6 Å². The van der Waals surface area contributed by atoms with Gasteiger partial charge in [0.15, 0.2) is 5.78 Å². The van der Waals surface area contributed by atoms with E-state index in [1.807, 2.05) is 0 Å². The number of hydrogen-bond donors (Lipinski definition) is 0. The van der Waals surface area contributed by atoms with Crippen molar-refractivity contribution in [3.63, 3.8) is 0 Å². The molecule has 0 fully saturated rings. The van der Waals surface area contributed by atoms with E-state index in [2.05, 4.69) is 0 Å². The van der Waals surface area contributed by atoms with Crippen molar-refractivity contribution in [3.8, 4) is 0 Å². The van der Waals surface area contributed by atoms with Crippen LogP contribution in [-0.4, -0.2) is 12.0 Å². The van der Waals surface area contributed by atoms with Gasteiger partial charge in [0.25, 0.3) is 0 Å². The van der Waals surface area contributed by atoms with E-state index in [9.17, 15) is 18.0 Å². The van der Waals surface area contributed by atoms with Gasteiger partial charge in [0.05, 0.1) is 12.7 Å². The van der Waals surface area contributed by atoms with Gasteiger partial charge in [-0.1, -0.05) is 23.7 Å². The van der Waals surface area contributed by atoms with Crippen LogP contribution in [-0.2, 0) is 15.1 Å². The summed E-state index contributed by atoms with van der Waals surface area (Å²) in [6.45, 7) is 0. The molecule has 1 aliphatic rings. The highest BCUT2D eigenvalue weighted by molar-refractivity contribution is 6.30. The van der Waals surface area contributed by atoms with Crippen LogP contribution < -0.4 is 0 Å². The number of carbonyl (C=O) groups excluding carboxylic acids is 1. The van der Waals surface area contributed by atoms with Gasteiger partial charge in [-0.3, -0.25) is 4.79 Å². The molecule has 0 aliphatic carbocycles. The third kappa shape index (κ3) is 2.10. The zero-order valence-electron chi connectivity index (χ0n) is 9.00. The number of alkyl halides is 3. The fourth-order valence-electron chi connectivity index (χ4n) is 1.79. The van der Waals surface area contributed by atoms with Gasteiger partial charge in [0.1, 0.15) is 0 Å². The smallest absolute Gasteiger partial charge is 0.433 e. The molecule has 18 heavy (non-hydrogen) atoms. The summed E-state index contributed by atoms with van der Waals surface area (Å²) in [5, 5.41) is 0.314. The molecule has 6 heteroatoms. The molecule has 96 valence electrons. The van der Waals surface area contributed by atoms with Crippen LogP contribution >= 0.6 is 11.6 Å². The lowest BCUT2D eigenvalue weighted by Crippen LogP contribution is -2.46. The minimum absolute atomic E-state index is 0.142.